The smallest absolute Gasteiger partial charge is 0.315 e. The highest BCUT2D eigenvalue weighted by molar-refractivity contribution is 5.82. The SMILES string of the molecule is CCCC[C@@H]1OC(=O)[C@@]1(C)CCCC. The molecule has 0 saturated carbocycles. The van der Waals surface area contributed by atoms with Crippen LogP contribution in [0.4, 0.5) is 0 Å². The molecule has 0 aliphatic carbocycles. The lowest BCUT2D eigenvalue weighted by molar-refractivity contribution is -0.206. The minimum absolute atomic E-state index is 0.0204. The third kappa shape index (κ3) is 2.10. The van der Waals surface area contributed by atoms with E-state index in [4.69, 9.17) is 4.74 Å². The second-order valence-electron chi connectivity index (χ2n) is 4.56. The molecule has 1 rings (SSSR count). The van der Waals surface area contributed by atoms with Crippen LogP contribution in [-0.2, 0) is 9.53 Å². The van der Waals surface area contributed by atoms with Crippen molar-refractivity contribution in [1.29, 1.82) is 0 Å². The molecular weight excluding hydrogens is 176 g/mol. The Morgan fingerprint density at radius 2 is 1.93 bits per heavy atom. The summed E-state index contributed by atoms with van der Waals surface area (Å²) in [7, 11) is 0. The van der Waals surface area contributed by atoms with Crippen molar-refractivity contribution in [3.05, 3.63) is 0 Å². The summed E-state index contributed by atoms with van der Waals surface area (Å²) in [6, 6.07) is 0. The lowest BCUT2D eigenvalue weighted by Crippen LogP contribution is -2.54. The molecule has 2 heteroatoms. The summed E-state index contributed by atoms with van der Waals surface area (Å²) < 4.78 is 5.21. The van der Waals surface area contributed by atoms with E-state index < -0.39 is 0 Å². The molecule has 0 aromatic heterocycles. The molecule has 0 radical (unpaired) electrons. The number of cyclic esters (lactones) is 1. The van der Waals surface area contributed by atoms with Crippen molar-refractivity contribution in [2.24, 2.45) is 5.41 Å². The zero-order valence-electron chi connectivity index (χ0n) is 9.64. The lowest BCUT2D eigenvalue weighted by atomic mass is 9.73. The minimum Gasteiger partial charge on any atom is -0.461 e. The molecule has 0 N–H and O–H groups in total. The van der Waals surface area contributed by atoms with Gasteiger partial charge in [0.15, 0.2) is 0 Å². The van der Waals surface area contributed by atoms with Gasteiger partial charge in [0.2, 0.25) is 0 Å². The van der Waals surface area contributed by atoms with Crippen molar-refractivity contribution >= 4 is 5.97 Å². The van der Waals surface area contributed by atoms with E-state index in [-0.39, 0.29) is 17.5 Å². The molecule has 2 nitrogen and oxygen atoms in total. The highest BCUT2D eigenvalue weighted by atomic mass is 16.6. The number of ether oxygens (including phenoxy) is 1. The average molecular weight is 198 g/mol. The predicted octanol–water partition coefficient (Wildman–Crippen LogP) is 3.30. The number of rotatable bonds is 6. The standard InChI is InChI=1S/C12H22O2/c1-4-6-8-10-12(3,9-7-5-2)11(13)14-10/h10H,4-9H2,1-3H3/t10-,12-/m0/s1. The molecule has 0 unspecified atom stereocenters. The van der Waals surface area contributed by atoms with Crippen LogP contribution in [0.1, 0.15) is 59.3 Å². The Labute approximate surface area is 87.0 Å². The van der Waals surface area contributed by atoms with Gasteiger partial charge in [-0.2, -0.15) is 0 Å². The van der Waals surface area contributed by atoms with Gasteiger partial charge in [-0.3, -0.25) is 4.79 Å². The molecular formula is C12H22O2. The molecule has 14 heavy (non-hydrogen) atoms. The molecule has 0 spiro atoms. The second kappa shape index (κ2) is 4.81. The Balaban J connectivity index is 2.41. The van der Waals surface area contributed by atoms with Gasteiger partial charge in [0.05, 0.1) is 0 Å². The number of hydrogen-bond acceptors (Lipinski definition) is 2. The zero-order chi connectivity index (χ0) is 10.6. The van der Waals surface area contributed by atoms with E-state index in [1.54, 1.807) is 0 Å². The molecule has 1 heterocycles. The average Bonchev–Trinajstić information content (AvgIpc) is 2.20. The van der Waals surface area contributed by atoms with Crippen molar-refractivity contribution in [2.75, 3.05) is 0 Å². The van der Waals surface area contributed by atoms with Crippen molar-refractivity contribution in [2.45, 2.75) is 65.4 Å². The molecule has 1 aliphatic rings. The van der Waals surface area contributed by atoms with Crippen LogP contribution in [0.15, 0.2) is 0 Å². The number of carbonyl (C=O) groups is 1. The van der Waals surface area contributed by atoms with Gasteiger partial charge in [0.25, 0.3) is 0 Å². The first-order valence-electron chi connectivity index (χ1n) is 5.86. The van der Waals surface area contributed by atoms with Crippen molar-refractivity contribution in [3.8, 4) is 0 Å². The maximum absolute atomic E-state index is 11.4. The van der Waals surface area contributed by atoms with E-state index in [1.165, 1.54) is 12.8 Å². The van der Waals surface area contributed by atoms with Crippen LogP contribution < -0.4 is 0 Å². The molecule has 1 aliphatic heterocycles. The van der Waals surface area contributed by atoms with Gasteiger partial charge in [-0.15, -0.1) is 0 Å². The first-order valence-corrected chi connectivity index (χ1v) is 5.86. The van der Waals surface area contributed by atoms with Crippen LogP contribution in [0.2, 0.25) is 0 Å². The van der Waals surface area contributed by atoms with Crippen LogP contribution >= 0.6 is 0 Å². The van der Waals surface area contributed by atoms with Gasteiger partial charge >= 0.3 is 5.97 Å². The second-order valence-corrected chi connectivity index (χ2v) is 4.56. The Morgan fingerprint density at radius 1 is 1.29 bits per heavy atom. The Kier molecular flexibility index (Phi) is 3.97. The molecule has 1 fully saturated rings. The van der Waals surface area contributed by atoms with E-state index >= 15 is 0 Å². The Bertz CT molecular complexity index is 200. The monoisotopic (exact) mass is 198 g/mol. The van der Waals surface area contributed by atoms with E-state index in [0.29, 0.717) is 0 Å². The summed E-state index contributed by atoms with van der Waals surface area (Å²) in [6.07, 6.45) is 6.87. The first-order chi connectivity index (χ1) is 6.65. The molecule has 0 aromatic carbocycles. The van der Waals surface area contributed by atoms with E-state index in [0.717, 1.165) is 25.7 Å². The molecule has 1 saturated heterocycles. The maximum atomic E-state index is 11.4. The predicted molar refractivity (Wildman–Crippen MR) is 57.0 cm³/mol. The van der Waals surface area contributed by atoms with Gasteiger partial charge in [-0.1, -0.05) is 39.5 Å². The van der Waals surface area contributed by atoms with Gasteiger partial charge in [0, 0.05) is 0 Å². The molecule has 0 aromatic rings. The van der Waals surface area contributed by atoms with E-state index in [9.17, 15) is 4.79 Å². The summed E-state index contributed by atoms with van der Waals surface area (Å²) >= 11 is 0. The quantitative estimate of drug-likeness (QED) is 0.612. The van der Waals surface area contributed by atoms with Gasteiger partial charge in [-0.05, 0) is 19.8 Å². The Morgan fingerprint density at radius 3 is 2.43 bits per heavy atom. The largest absolute Gasteiger partial charge is 0.461 e. The highest BCUT2D eigenvalue weighted by Gasteiger charge is 2.52. The van der Waals surface area contributed by atoms with Crippen LogP contribution in [-0.4, -0.2) is 12.1 Å². The molecule has 2 atom stereocenters. The van der Waals surface area contributed by atoms with E-state index in [1.807, 2.05) is 0 Å². The van der Waals surface area contributed by atoms with Crippen molar-refractivity contribution in [3.63, 3.8) is 0 Å². The lowest BCUT2D eigenvalue weighted by Gasteiger charge is -2.44. The van der Waals surface area contributed by atoms with Gasteiger partial charge in [0.1, 0.15) is 11.5 Å². The number of hydrogen-bond donors (Lipinski definition) is 0. The summed E-state index contributed by atoms with van der Waals surface area (Å²) in [5.74, 6) is 0.0204. The summed E-state index contributed by atoms with van der Waals surface area (Å²) in [6.45, 7) is 6.40. The summed E-state index contributed by atoms with van der Waals surface area (Å²) in [5, 5.41) is 0. The fourth-order valence-corrected chi connectivity index (χ4v) is 2.04. The number of esters is 1. The number of unbranched alkanes of at least 4 members (excludes halogenated alkanes) is 2. The highest BCUT2D eigenvalue weighted by Crippen LogP contribution is 2.42. The van der Waals surface area contributed by atoms with Crippen LogP contribution in [0.5, 0.6) is 0 Å². The Hall–Kier alpha value is -0.530. The minimum atomic E-state index is -0.162. The maximum Gasteiger partial charge on any atom is 0.315 e. The van der Waals surface area contributed by atoms with Crippen molar-refractivity contribution in [1.82, 2.24) is 0 Å². The fraction of sp³-hybridized carbons (Fsp3) is 0.917. The topological polar surface area (TPSA) is 26.3 Å². The van der Waals surface area contributed by atoms with Gasteiger partial charge in [-0.25, -0.2) is 0 Å². The molecule has 0 amide bonds. The van der Waals surface area contributed by atoms with E-state index in [2.05, 4.69) is 20.8 Å². The third-order valence-corrected chi connectivity index (χ3v) is 3.30. The first kappa shape index (κ1) is 11.5. The van der Waals surface area contributed by atoms with Crippen LogP contribution in [0.25, 0.3) is 0 Å². The fourth-order valence-electron chi connectivity index (χ4n) is 2.04. The van der Waals surface area contributed by atoms with Crippen LogP contribution in [0.3, 0.4) is 0 Å². The number of carbonyl (C=O) groups excluding carboxylic acids is 1. The van der Waals surface area contributed by atoms with Crippen molar-refractivity contribution < 1.29 is 9.53 Å². The molecule has 0 bridgehead atoms. The van der Waals surface area contributed by atoms with Gasteiger partial charge < -0.3 is 4.74 Å². The molecule has 82 valence electrons. The normalized spacial score (nSPS) is 31.1. The summed E-state index contributed by atoms with van der Waals surface area (Å²) in [4.78, 5) is 11.4. The summed E-state index contributed by atoms with van der Waals surface area (Å²) in [5.41, 5.74) is -0.162. The van der Waals surface area contributed by atoms with Crippen LogP contribution in [0, 0.1) is 5.41 Å². The zero-order valence-corrected chi connectivity index (χ0v) is 9.64. The third-order valence-electron chi connectivity index (χ3n) is 3.30.